The summed E-state index contributed by atoms with van der Waals surface area (Å²) in [5.74, 6) is 1.75. The van der Waals surface area contributed by atoms with E-state index in [0.29, 0.717) is 12.3 Å². The van der Waals surface area contributed by atoms with E-state index in [1.54, 1.807) is 0 Å². The highest BCUT2D eigenvalue weighted by molar-refractivity contribution is 5.75. The Hall–Kier alpha value is -0.570. The molecule has 1 saturated carbocycles. The first-order chi connectivity index (χ1) is 7.76. The molecule has 1 amide bonds. The molecule has 0 aromatic rings. The molecule has 3 heteroatoms. The topological polar surface area (TPSA) is 55.1 Å². The van der Waals surface area contributed by atoms with Crippen molar-refractivity contribution in [2.45, 2.75) is 51.9 Å². The van der Waals surface area contributed by atoms with Crippen LogP contribution in [-0.2, 0) is 4.79 Å². The third kappa shape index (κ3) is 6.11. The Morgan fingerprint density at radius 2 is 2.19 bits per heavy atom. The maximum absolute atomic E-state index is 11.5. The molecule has 3 N–H and O–H groups in total. The molecule has 16 heavy (non-hydrogen) atoms. The lowest BCUT2D eigenvalue weighted by molar-refractivity contribution is -0.121. The van der Waals surface area contributed by atoms with Crippen LogP contribution in [0.1, 0.15) is 51.9 Å². The van der Waals surface area contributed by atoms with Crippen molar-refractivity contribution < 1.29 is 4.79 Å². The first-order valence-electron chi connectivity index (χ1n) is 6.73. The van der Waals surface area contributed by atoms with E-state index >= 15 is 0 Å². The molecule has 1 fully saturated rings. The van der Waals surface area contributed by atoms with Crippen LogP contribution in [0, 0.1) is 11.8 Å². The Kier molecular flexibility index (Phi) is 6.46. The molecule has 1 aliphatic carbocycles. The van der Waals surface area contributed by atoms with Crippen LogP contribution in [0.15, 0.2) is 0 Å². The lowest BCUT2D eigenvalue weighted by Gasteiger charge is -2.13. The van der Waals surface area contributed by atoms with E-state index in [1.165, 1.54) is 19.3 Å². The summed E-state index contributed by atoms with van der Waals surface area (Å²) in [5.41, 5.74) is 5.53. The molecular formula is C13H26N2O. The molecule has 0 radical (unpaired) electrons. The van der Waals surface area contributed by atoms with Gasteiger partial charge in [-0.2, -0.15) is 0 Å². The maximum Gasteiger partial charge on any atom is 0.220 e. The summed E-state index contributed by atoms with van der Waals surface area (Å²) in [5, 5.41) is 3.01. The number of carbonyl (C=O) groups excluding carboxylic acids is 1. The zero-order valence-corrected chi connectivity index (χ0v) is 10.5. The Bertz CT molecular complexity index is 202. The Morgan fingerprint density at radius 3 is 2.75 bits per heavy atom. The summed E-state index contributed by atoms with van der Waals surface area (Å²) in [7, 11) is 0. The number of hydrogen-bond acceptors (Lipinski definition) is 2. The maximum atomic E-state index is 11.5. The van der Waals surface area contributed by atoms with Gasteiger partial charge >= 0.3 is 0 Å². The van der Waals surface area contributed by atoms with Gasteiger partial charge in [-0.05, 0) is 37.6 Å². The summed E-state index contributed by atoms with van der Waals surface area (Å²) in [6.45, 7) is 3.78. The first-order valence-corrected chi connectivity index (χ1v) is 6.73. The molecule has 1 rings (SSSR count). The van der Waals surface area contributed by atoms with Gasteiger partial charge in [-0.15, -0.1) is 0 Å². The summed E-state index contributed by atoms with van der Waals surface area (Å²) in [6.07, 6.45) is 7.74. The zero-order valence-electron chi connectivity index (χ0n) is 10.5. The van der Waals surface area contributed by atoms with Crippen LogP contribution < -0.4 is 11.1 Å². The third-order valence-corrected chi connectivity index (χ3v) is 3.50. The number of hydrogen-bond donors (Lipinski definition) is 2. The standard InChI is InChI=1S/C13H26N2O/c1-2-11(7-9-14)5-6-13(16)15-10-8-12-3-4-12/h11-12H,2-10,14H2,1H3,(H,15,16). The average molecular weight is 226 g/mol. The predicted molar refractivity (Wildman–Crippen MR) is 67.0 cm³/mol. The minimum Gasteiger partial charge on any atom is -0.356 e. The molecule has 1 atom stereocenters. The fourth-order valence-electron chi connectivity index (χ4n) is 2.03. The van der Waals surface area contributed by atoms with Crippen molar-refractivity contribution in [3.8, 4) is 0 Å². The van der Waals surface area contributed by atoms with Crippen LogP contribution in [0.2, 0.25) is 0 Å². The van der Waals surface area contributed by atoms with Crippen molar-refractivity contribution in [2.24, 2.45) is 17.6 Å². The minimum atomic E-state index is 0.219. The highest BCUT2D eigenvalue weighted by atomic mass is 16.1. The number of nitrogens with one attached hydrogen (secondary N) is 1. The molecular weight excluding hydrogens is 200 g/mol. The molecule has 0 saturated heterocycles. The third-order valence-electron chi connectivity index (χ3n) is 3.50. The Balaban J connectivity index is 1.98. The van der Waals surface area contributed by atoms with Crippen LogP contribution in [0.25, 0.3) is 0 Å². The molecule has 0 spiro atoms. The van der Waals surface area contributed by atoms with E-state index in [9.17, 15) is 4.79 Å². The smallest absolute Gasteiger partial charge is 0.220 e. The van der Waals surface area contributed by atoms with Gasteiger partial charge in [-0.3, -0.25) is 4.79 Å². The van der Waals surface area contributed by atoms with Crippen LogP contribution in [-0.4, -0.2) is 19.0 Å². The molecule has 94 valence electrons. The monoisotopic (exact) mass is 226 g/mol. The lowest BCUT2D eigenvalue weighted by Crippen LogP contribution is -2.25. The number of carbonyl (C=O) groups is 1. The summed E-state index contributed by atoms with van der Waals surface area (Å²) in [6, 6.07) is 0. The summed E-state index contributed by atoms with van der Waals surface area (Å²) < 4.78 is 0. The van der Waals surface area contributed by atoms with Crippen molar-refractivity contribution >= 4 is 5.91 Å². The van der Waals surface area contributed by atoms with E-state index in [0.717, 1.165) is 38.3 Å². The molecule has 0 heterocycles. The first kappa shape index (κ1) is 13.5. The van der Waals surface area contributed by atoms with Crippen molar-refractivity contribution in [2.75, 3.05) is 13.1 Å². The summed E-state index contributed by atoms with van der Waals surface area (Å²) >= 11 is 0. The quantitative estimate of drug-likeness (QED) is 0.632. The average Bonchev–Trinajstić information content (AvgIpc) is 3.08. The highest BCUT2D eigenvalue weighted by Gasteiger charge is 2.20. The molecule has 1 unspecified atom stereocenters. The van der Waals surface area contributed by atoms with Crippen LogP contribution >= 0.6 is 0 Å². The largest absolute Gasteiger partial charge is 0.356 e. The SMILES string of the molecule is CCC(CCN)CCC(=O)NCCC1CC1. The normalized spacial score (nSPS) is 17.1. The van der Waals surface area contributed by atoms with Crippen molar-refractivity contribution in [1.29, 1.82) is 0 Å². The highest BCUT2D eigenvalue weighted by Crippen LogP contribution is 2.31. The molecule has 0 aromatic heterocycles. The molecule has 3 nitrogen and oxygen atoms in total. The van der Waals surface area contributed by atoms with E-state index in [-0.39, 0.29) is 5.91 Å². The minimum absolute atomic E-state index is 0.219. The fraction of sp³-hybridized carbons (Fsp3) is 0.923. The second kappa shape index (κ2) is 7.66. The van der Waals surface area contributed by atoms with E-state index in [2.05, 4.69) is 12.2 Å². The predicted octanol–water partition coefficient (Wildman–Crippen LogP) is 2.06. The number of amides is 1. The van der Waals surface area contributed by atoms with Crippen LogP contribution in [0.3, 0.4) is 0 Å². The molecule has 0 aromatic carbocycles. The molecule has 0 aliphatic heterocycles. The van der Waals surface area contributed by atoms with Gasteiger partial charge in [-0.1, -0.05) is 26.2 Å². The zero-order chi connectivity index (χ0) is 11.8. The van der Waals surface area contributed by atoms with Crippen LogP contribution in [0.5, 0.6) is 0 Å². The number of nitrogens with two attached hydrogens (primary N) is 1. The van der Waals surface area contributed by atoms with Gasteiger partial charge in [0, 0.05) is 13.0 Å². The van der Waals surface area contributed by atoms with Gasteiger partial charge in [0.25, 0.3) is 0 Å². The van der Waals surface area contributed by atoms with Crippen molar-refractivity contribution in [3.05, 3.63) is 0 Å². The van der Waals surface area contributed by atoms with E-state index in [1.807, 2.05) is 0 Å². The Morgan fingerprint density at radius 1 is 1.44 bits per heavy atom. The second-order valence-corrected chi connectivity index (χ2v) is 4.97. The van der Waals surface area contributed by atoms with Gasteiger partial charge in [0.15, 0.2) is 0 Å². The number of rotatable bonds is 9. The Labute approximate surface area is 99.2 Å². The van der Waals surface area contributed by atoms with Gasteiger partial charge in [0.05, 0.1) is 0 Å². The van der Waals surface area contributed by atoms with Crippen molar-refractivity contribution in [3.63, 3.8) is 0 Å². The van der Waals surface area contributed by atoms with E-state index < -0.39 is 0 Å². The summed E-state index contributed by atoms with van der Waals surface area (Å²) in [4.78, 5) is 11.5. The fourth-order valence-corrected chi connectivity index (χ4v) is 2.03. The lowest BCUT2D eigenvalue weighted by atomic mass is 9.96. The molecule has 1 aliphatic rings. The van der Waals surface area contributed by atoms with Crippen molar-refractivity contribution in [1.82, 2.24) is 5.32 Å². The van der Waals surface area contributed by atoms with E-state index in [4.69, 9.17) is 5.73 Å². The van der Waals surface area contributed by atoms with Crippen LogP contribution in [0.4, 0.5) is 0 Å². The van der Waals surface area contributed by atoms with Gasteiger partial charge in [0.2, 0.25) is 5.91 Å². The van der Waals surface area contributed by atoms with Gasteiger partial charge < -0.3 is 11.1 Å². The van der Waals surface area contributed by atoms with Gasteiger partial charge in [0.1, 0.15) is 0 Å². The van der Waals surface area contributed by atoms with Gasteiger partial charge in [-0.25, -0.2) is 0 Å². The second-order valence-electron chi connectivity index (χ2n) is 4.97. The molecule has 0 bridgehead atoms.